The van der Waals surface area contributed by atoms with Gasteiger partial charge in [0.25, 0.3) is 0 Å². The predicted molar refractivity (Wildman–Crippen MR) is 61.6 cm³/mol. The van der Waals surface area contributed by atoms with E-state index in [1.54, 1.807) is 17.9 Å². The van der Waals surface area contributed by atoms with Gasteiger partial charge in [0.2, 0.25) is 5.95 Å². The van der Waals surface area contributed by atoms with Crippen molar-refractivity contribution in [2.75, 3.05) is 18.1 Å². The van der Waals surface area contributed by atoms with E-state index in [4.69, 9.17) is 5.73 Å². The highest BCUT2D eigenvalue weighted by Crippen LogP contribution is 2.17. The van der Waals surface area contributed by atoms with Crippen LogP contribution in [0, 0.1) is 0 Å². The first kappa shape index (κ1) is 11.2. The molecule has 0 saturated heterocycles. The normalized spacial score (nSPS) is 9.60. The second-order valence-electron chi connectivity index (χ2n) is 2.71. The summed E-state index contributed by atoms with van der Waals surface area (Å²) >= 11 is 0. The van der Waals surface area contributed by atoms with E-state index in [9.17, 15) is 0 Å². The van der Waals surface area contributed by atoms with E-state index in [1.165, 1.54) is 0 Å². The number of aryl methyl sites for hydroxylation is 1. The molecule has 15 heavy (non-hydrogen) atoms. The average molecular weight is 208 g/mol. The summed E-state index contributed by atoms with van der Waals surface area (Å²) in [6, 6.07) is 0. The third kappa shape index (κ3) is 1.98. The highest BCUT2D eigenvalue weighted by atomic mass is 15.2. The maximum Gasteiger partial charge on any atom is 0.224 e. The zero-order chi connectivity index (χ0) is 11.4. The van der Waals surface area contributed by atoms with E-state index in [-0.39, 0.29) is 5.95 Å². The molecule has 2 heterocycles. The van der Waals surface area contributed by atoms with Gasteiger partial charge in [-0.1, -0.05) is 13.8 Å². The Morgan fingerprint density at radius 1 is 1.33 bits per heavy atom. The van der Waals surface area contributed by atoms with Crippen molar-refractivity contribution < 1.29 is 0 Å². The monoisotopic (exact) mass is 208 g/mol. The van der Waals surface area contributed by atoms with Gasteiger partial charge >= 0.3 is 0 Å². The number of nitrogens with zero attached hydrogens (tertiary/aromatic N) is 4. The van der Waals surface area contributed by atoms with Crippen molar-refractivity contribution in [1.29, 1.82) is 0 Å². The zero-order valence-electron chi connectivity index (χ0n) is 9.44. The minimum atomic E-state index is 0.250. The maximum absolute atomic E-state index is 5.52. The fourth-order valence-electron chi connectivity index (χ4n) is 1.20. The molecule has 0 bridgehead atoms. The van der Waals surface area contributed by atoms with Crippen LogP contribution in [0.1, 0.15) is 13.8 Å². The Bertz CT molecular complexity index is 447. The van der Waals surface area contributed by atoms with E-state index in [0.717, 1.165) is 11.2 Å². The van der Waals surface area contributed by atoms with E-state index >= 15 is 0 Å². The molecule has 0 aromatic carbocycles. The first-order chi connectivity index (χ1) is 7.22. The molecule has 0 unspecified atom stereocenters. The van der Waals surface area contributed by atoms with Crippen molar-refractivity contribution in [3.8, 4) is 0 Å². The van der Waals surface area contributed by atoms with E-state index in [1.807, 2.05) is 20.9 Å². The fourth-order valence-corrected chi connectivity index (χ4v) is 1.20. The van der Waals surface area contributed by atoms with Crippen LogP contribution in [0.15, 0.2) is 6.33 Å². The molecule has 0 atom stereocenters. The van der Waals surface area contributed by atoms with Crippen molar-refractivity contribution in [2.45, 2.75) is 13.8 Å². The quantitative estimate of drug-likeness (QED) is 0.731. The van der Waals surface area contributed by atoms with Crippen molar-refractivity contribution in [1.82, 2.24) is 19.5 Å². The molecule has 0 radical (unpaired) electrons. The number of aromatic nitrogens is 4. The van der Waals surface area contributed by atoms with Crippen LogP contribution in [0.5, 0.6) is 0 Å². The molecule has 0 saturated carbocycles. The summed E-state index contributed by atoms with van der Waals surface area (Å²) in [5, 5.41) is 2.92. The lowest BCUT2D eigenvalue weighted by molar-refractivity contribution is 0.929. The number of anilines is 2. The number of fused-ring (bicyclic) bond motifs is 1. The van der Waals surface area contributed by atoms with Gasteiger partial charge in [0.05, 0.1) is 6.33 Å². The van der Waals surface area contributed by atoms with Crippen molar-refractivity contribution in [2.24, 2.45) is 7.05 Å². The van der Waals surface area contributed by atoms with E-state index in [0.29, 0.717) is 5.82 Å². The number of rotatable bonds is 1. The van der Waals surface area contributed by atoms with Gasteiger partial charge in [-0.2, -0.15) is 9.97 Å². The van der Waals surface area contributed by atoms with Crippen molar-refractivity contribution in [3.05, 3.63) is 6.33 Å². The molecule has 2 rings (SSSR count). The molecule has 2 aromatic heterocycles. The first-order valence-electron chi connectivity index (χ1n) is 4.84. The Balaban J connectivity index is 0.000000531. The summed E-state index contributed by atoms with van der Waals surface area (Å²) in [7, 11) is 3.64. The molecular weight excluding hydrogens is 192 g/mol. The molecule has 0 fully saturated rings. The summed E-state index contributed by atoms with van der Waals surface area (Å²) in [5.41, 5.74) is 6.99. The van der Waals surface area contributed by atoms with Crippen LogP contribution in [0.3, 0.4) is 0 Å². The molecule has 6 heteroatoms. The van der Waals surface area contributed by atoms with Crippen LogP contribution in [0.2, 0.25) is 0 Å². The molecule has 3 N–H and O–H groups in total. The Morgan fingerprint density at radius 3 is 2.60 bits per heavy atom. The number of hydrogen-bond acceptors (Lipinski definition) is 5. The molecule has 0 spiro atoms. The molecule has 0 aliphatic heterocycles. The summed E-state index contributed by atoms with van der Waals surface area (Å²) in [6.45, 7) is 4.00. The molecule has 0 aliphatic rings. The fraction of sp³-hybridized carbons (Fsp3) is 0.444. The lowest BCUT2D eigenvalue weighted by Crippen LogP contribution is -2.02. The topological polar surface area (TPSA) is 81.7 Å². The third-order valence-corrected chi connectivity index (χ3v) is 1.81. The Labute approximate surface area is 88.5 Å². The maximum atomic E-state index is 5.52. The second-order valence-corrected chi connectivity index (χ2v) is 2.71. The number of hydrogen-bond donors (Lipinski definition) is 2. The lowest BCUT2D eigenvalue weighted by atomic mass is 10.5. The smallest absolute Gasteiger partial charge is 0.224 e. The van der Waals surface area contributed by atoms with Crippen LogP contribution in [-0.4, -0.2) is 26.6 Å². The zero-order valence-corrected chi connectivity index (χ0v) is 9.44. The van der Waals surface area contributed by atoms with Crippen molar-refractivity contribution in [3.63, 3.8) is 0 Å². The van der Waals surface area contributed by atoms with Gasteiger partial charge < -0.3 is 15.6 Å². The minimum absolute atomic E-state index is 0.250. The van der Waals surface area contributed by atoms with Gasteiger partial charge in [-0.25, -0.2) is 4.98 Å². The van der Waals surface area contributed by atoms with Crippen LogP contribution in [0.25, 0.3) is 11.2 Å². The van der Waals surface area contributed by atoms with Gasteiger partial charge in [-0.3, -0.25) is 0 Å². The SMILES string of the molecule is CC.CNc1nc(N)nc2c1ncn2C. The van der Waals surface area contributed by atoms with Crippen LogP contribution >= 0.6 is 0 Å². The number of imidazole rings is 1. The first-order valence-corrected chi connectivity index (χ1v) is 4.84. The van der Waals surface area contributed by atoms with Crippen LogP contribution in [0.4, 0.5) is 11.8 Å². The number of nitrogens with two attached hydrogens (primary N) is 1. The Hall–Kier alpha value is -1.85. The molecule has 2 aromatic rings. The van der Waals surface area contributed by atoms with Gasteiger partial charge in [0, 0.05) is 14.1 Å². The molecule has 0 aliphatic carbocycles. The Morgan fingerprint density at radius 2 is 2.00 bits per heavy atom. The van der Waals surface area contributed by atoms with E-state index < -0.39 is 0 Å². The lowest BCUT2D eigenvalue weighted by Gasteiger charge is -2.01. The predicted octanol–water partition coefficient (Wildman–Crippen LogP) is 1.01. The number of nitrogen functional groups attached to an aromatic ring is 1. The summed E-state index contributed by atoms with van der Waals surface area (Å²) in [6.07, 6.45) is 1.68. The number of nitrogens with one attached hydrogen (secondary N) is 1. The van der Waals surface area contributed by atoms with Gasteiger partial charge in [-0.15, -0.1) is 0 Å². The van der Waals surface area contributed by atoms with Crippen LogP contribution in [-0.2, 0) is 7.05 Å². The minimum Gasteiger partial charge on any atom is -0.371 e. The summed E-state index contributed by atoms with van der Waals surface area (Å²) in [5.74, 6) is 0.906. The largest absolute Gasteiger partial charge is 0.371 e. The molecule has 0 amide bonds. The van der Waals surface area contributed by atoms with Gasteiger partial charge in [0.1, 0.15) is 0 Å². The highest BCUT2D eigenvalue weighted by molar-refractivity contribution is 5.83. The highest BCUT2D eigenvalue weighted by Gasteiger charge is 2.08. The van der Waals surface area contributed by atoms with Crippen molar-refractivity contribution >= 4 is 22.9 Å². The van der Waals surface area contributed by atoms with Gasteiger partial charge in [-0.05, 0) is 0 Å². The van der Waals surface area contributed by atoms with Gasteiger partial charge in [0.15, 0.2) is 17.0 Å². The standard InChI is InChI=1S/C7H10N6.C2H6/c1-9-5-4-6(12-7(8)11-5)13(2)3-10-4;1-2/h3H,1-2H3,(H3,8,9,11,12);1-2H3. The molecule has 82 valence electrons. The van der Waals surface area contributed by atoms with Crippen LogP contribution < -0.4 is 11.1 Å². The van der Waals surface area contributed by atoms with E-state index in [2.05, 4.69) is 20.3 Å². The summed E-state index contributed by atoms with van der Waals surface area (Å²) < 4.78 is 1.80. The Kier molecular flexibility index (Phi) is 3.43. The summed E-state index contributed by atoms with van der Waals surface area (Å²) in [4.78, 5) is 12.2. The second kappa shape index (κ2) is 4.59. The molecule has 6 nitrogen and oxygen atoms in total. The third-order valence-electron chi connectivity index (χ3n) is 1.81. The average Bonchev–Trinajstić information content (AvgIpc) is 2.62. The molecular formula is C9H16N6.